The third-order valence-corrected chi connectivity index (χ3v) is 2.33. The molecule has 0 fully saturated rings. The molecule has 1 amide bonds. The van der Waals surface area contributed by atoms with Gasteiger partial charge in [-0.25, -0.2) is 0 Å². The molecule has 0 spiro atoms. The summed E-state index contributed by atoms with van der Waals surface area (Å²) in [7, 11) is 0. The van der Waals surface area contributed by atoms with Crippen molar-refractivity contribution in [1.82, 2.24) is 0 Å². The van der Waals surface area contributed by atoms with E-state index in [1.54, 1.807) is 0 Å². The van der Waals surface area contributed by atoms with Crippen molar-refractivity contribution in [2.24, 2.45) is 5.16 Å². The van der Waals surface area contributed by atoms with Gasteiger partial charge in [-0.1, -0.05) is 25.1 Å². The Hall–Kier alpha value is -1.84. The van der Waals surface area contributed by atoms with E-state index in [1.165, 1.54) is 5.56 Å². The van der Waals surface area contributed by atoms with E-state index in [-0.39, 0.29) is 0 Å². The molecular formula is C12H16N2O2. The van der Waals surface area contributed by atoms with Crippen molar-refractivity contribution in [3.8, 4) is 0 Å². The Morgan fingerprint density at radius 1 is 1.50 bits per heavy atom. The van der Waals surface area contributed by atoms with Crippen LogP contribution in [-0.2, 0) is 4.79 Å². The summed E-state index contributed by atoms with van der Waals surface area (Å²) in [6, 6.07) is 5.73. The number of carbonyl (C=O) groups is 1. The van der Waals surface area contributed by atoms with Crippen molar-refractivity contribution >= 4 is 17.8 Å². The summed E-state index contributed by atoms with van der Waals surface area (Å²) < 4.78 is 0. The summed E-state index contributed by atoms with van der Waals surface area (Å²) in [4.78, 5) is 11.1. The molecule has 0 saturated heterocycles. The minimum atomic E-state index is -0.445. The van der Waals surface area contributed by atoms with Gasteiger partial charge in [0, 0.05) is 5.69 Å². The van der Waals surface area contributed by atoms with Crippen LogP contribution in [0.15, 0.2) is 23.4 Å². The maximum atomic E-state index is 11.1. The monoisotopic (exact) mass is 220 g/mol. The fourth-order valence-electron chi connectivity index (χ4n) is 1.63. The molecule has 0 heterocycles. The van der Waals surface area contributed by atoms with Gasteiger partial charge in [0.05, 0.1) is 0 Å². The molecule has 4 nitrogen and oxygen atoms in total. The van der Waals surface area contributed by atoms with E-state index in [0.717, 1.165) is 11.8 Å². The molecule has 16 heavy (non-hydrogen) atoms. The number of carbonyl (C=O) groups excluding carboxylic acids is 1. The van der Waals surface area contributed by atoms with Crippen LogP contribution in [0, 0.1) is 6.92 Å². The van der Waals surface area contributed by atoms with Gasteiger partial charge in [-0.2, -0.15) is 0 Å². The van der Waals surface area contributed by atoms with Gasteiger partial charge in [-0.3, -0.25) is 4.79 Å². The number of amides is 1. The number of hydrogen-bond donors (Lipinski definition) is 2. The van der Waals surface area contributed by atoms with Crippen molar-refractivity contribution in [2.45, 2.75) is 26.7 Å². The van der Waals surface area contributed by atoms with Crippen molar-refractivity contribution in [2.75, 3.05) is 5.32 Å². The van der Waals surface area contributed by atoms with Gasteiger partial charge in [0.25, 0.3) is 5.91 Å². The van der Waals surface area contributed by atoms with Crippen LogP contribution in [0.1, 0.15) is 30.9 Å². The Balaban J connectivity index is 2.85. The minimum absolute atomic E-state index is 0.445. The quantitative estimate of drug-likeness (QED) is 0.467. The molecular weight excluding hydrogens is 204 g/mol. The van der Waals surface area contributed by atoms with Crippen molar-refractivity contribution in [3.05, 3.63) is 29.3 Å². The number of aryl methyl sites for hydroxylation is 1. The number of nitrogens with one attached hydrogen (secondary N) is 1. The standard InChI is InChI=1S/C12H16N2O2/c1-8(2)11-5-4-10(6-9(11)3)14-12(15)7-13-16/h4-8,16H,1-3H3,(H,14,15). The highest BCUT2D eigenvalue weighted by Gasteiger charge is 2.05. The normalized spacial score (nSPS) is 11.0. The average molecular weight is 220 g/mol. The predicted octanol–water partition coefficient (Wildman–Crippen LogP) is 2.52. The maximum absolute atomic E-state index is 11.1. The van der Waals surface area contributed by atoms with E-state index in [9.17, 15) is 4.79 Å². The summed E-state index contributed by atoms with van der Waals surface area (Å²) >= 11 is 0. The second kappa shape index (κ2) is 5.30. The van der Waals surface area contributed by atoms with E-state index in [2.05, 4.69) is 24.3 Å². The van der Waals surface area contributed by atoms with Gasteiger partial charge in [0.2, 0.25) is 0 Å². The smallest absolute Gasteiger partial charge is 0.270 e. The predicted molar refractivity (Wildman–Crippen MR) is 64.2 cm³/mol. The molecule has 0 aliphatic carbocycles. The van der Waals surface area contributed by atoms with E-state index < -0.39 is 5.91 Å². The SMILES string of the molecule is Cc1cc(NC(=O)C=NO)ccc1C(C)C. The first-order valence-corrected chi connectivity index (χ1v) is 5.13. The molecule has 86 valence electrons. The fraction of sp³-hybridized carbons (Fsp3) is 0.333. The lowest BCUT2D eigenvalue weighted by Crippen LogP contribution is -2.12. The number of rotatable bonds is 3. The summed E-state index contributed by atoms with van der Waals surface area (Å²) in [6.07, 6.45) is 0.825. The van der Waals surface area contributed by atoms with Gasteiger partial charge in [0.15, 0.2) is 0 Å². The van der Waals surface area contributed by atoms with Crippen LogP contribution in [0.2, 0.25) is 0 Å². The van der Waals surface area contributed by atoms with Gasteiger partial charge in [-0.15, -0.1) is 0 Å². The van der Waals surface area contributed by atoms with Crippen LogP contribution in [-0.4, -0.2) is 17.3 Å². The largest absolute Gasteiger partial charge is 0.411 e. The molecule has 2 N–H and O–H groups in total. The van der Waals surface area contributed by atoms with Crippen LogP contribution in [0.25, 0.3) is 0 Å². The van der Waals surface area contributed by atoms with Crippen molar-refractivity contribution < 1.29 is 10.0 Å². The molecule has 0 atom stereocenters. The number of nitrogens with zero attached hydrogens (tertiary/aromatic N) is 1. The maximum Gasteiger partial charge on any atom is 0.270 e. The molecule has 1 aromatic carbocycles. The summed E-state index contributed by atoms with van der Waals surface area (Å²) in [6.45, 7) is 6.25. The first-order valence-electron chi connectivity index (χ1n) is 5.13. The Labute approximate surface area is 95.0 Å². The second-order valence-electron chi connectivity index (χ2n) is 3.96. The van der Waals surface area contributed by atoms with Gasteiger partial charge in [0.1, 0.15) is 6.21 Å². The van der Waals surface area contributed by atoms with Gasteiger partial charge < -0.3 is 10.5 Å². The van der Waals surface area contributed by atoms with E-state index >= 15 is 0 Å². The van der Waals surface area contributed by atoms with E-state index in [0.29, 0.717) is 11.6 Å². The highest BCUT2D eigenvalue weighted by Crippen LogP contribution is 2.21. The van der Waals surface area contributed by atoms with Gasteiger partial charge in [-0.05, 0) is 36.1 Å². The highest BCUT2D eigenvalue weighted by atomic mass is 16.4. The molecule has 0 bridgehead atoms. The summed E-state index contributed by atoms with van der Waals surface area (Å²) in [5.41, 5.74) is 3.09. The number of benzene rings is 1. The number of anilines is 1. The second-order valence-corrected chi connectivity index (χ2v) is 3.96. The van der Waals surface area contributed by atoms with Crippen LogP contribution in [0.4, 0.5) is 5.69 Å². The van der Waals surface area contributed by atoms with E-state index in [1.807, 2.05) is 25.1 Å². The third-order valence-electron chi connectivity index (χ3n) is 2.33. The minimum Gasteiger partial charge on any atom is -0.411 e. The lowest BCUT2D eigenvalue weighted by atomic mass is 9.98. The lowest BCUT2D eigenvalue weighted by molar-refractivity contribution is -0.110. The highest BCUT2D eigenvalue weighted by molar-refractivity contribution is 6.31. The van der Waals surface area contributed by atoms with Crippen LogP contribution in [0.3, 0.4) is 0 Å². The zero-order valence-electron chi connectivity index (χ0n) is 9.69. The van der Waals surface area contributed by atoms with Crippen molar-refractivity contribution in [3.63, 3.8) is 0 Å². The Bertz CT molecular complexity index is 411. The lowest BCUT2D eigenvalue weighted by Gasteiger charge is -2.11. The zero-order valence-corrected chi connectivity index (χ0v) is 9.69. The molecule has 0 saturated carbocycles. The molecule has 4 heteroatoms. The molecule has 1 rings (SSSR count). The third kappa shape index (κ3) is 3.08. The van der Waals surface area contributed by atoms with Crippen LogP contribution < -0.4 is 5.32 Å². The first kappa shape index (κ1) is 12.2. The molecule has 0 radical (unpaired) electrons. The fourth-order valence-corrected chi connectivity index (χ4v) is 1.63. The average Bonchev–Trinajstić information content (AvgIpc) is 2.17. The molecule has 1 aromatic rings. The van der Waals surface area contributed by atoms with Crippen LogP contribution >= 0.6 is 0 Å². The van der Waals surface area contributed by atoms with Crippen molar-refractivity contribution in [1.29, 1.82) is 0 Å². The Morgan fingerprint density at radius 2 is 2.19 bits per heavy atom. The first-order chi connectivity index (χ1) is 7.54. The Kier molecular flexibility index (Phi) is 4.05. The summed E-state index contributed by atoms with van der Waals surface area (Å²) in [5.74, 6) is 0.0166. The molecule has 0 unspecified atom stereocenters. The van der Waals surface area contributed by atoms with Crippen LogP contribution in [0.5, 0.6) is 0 Å². The zero-order chi connectivity index (χ0) is 12.1. The van der Waals surface area contributed by atoms with Gasteiger partial charge >= 0.3 is 0 Å². The molecule has 0 aliphatic rings. The Morgan fingerprint density at radius 3 is 2.69 bits per heavy atom. The van der Waals surface area contributed by atoms with E-state index in [4.69, 9.17) is 5.21 Å². The molecule has 0 aliphatic heterocycles. The number of hydrogen-bond acceptors (Lipinski definition) is 3. The summed E-state index contributed by atoms with van der Waals surface area (Å²) in [5, 5.41) is 13.5. The number of oxime groups is 1. The topological polar surface area (TPSA) is 61.7 Å². The molecule has 0 aromatic heterocycles.